The van der Waals surface area contributed by atoms with Crippen LogP contribution in [0, 0.1) is 5.92 Å². The number of epoxide rings is 1. The first-order valence-corrected chi connectivity index (χ1v) is 20.5. The van der Waals surface area contributed by atoms with Crippen molar-refractivity contribution in [3.8, 4) is 0 Å². The molecule has 0 aliphatic carbocycles. The number of hydrogen-bond acceptors (Lipinski definition) is 6. The lowest BCUT2D eigenvalue weighted by molar-refractivity contribution is -0.152. The minimum absolute atomic E-state index is 0.135. The summed E-state index contributed by atoms with van der Waals surface area (Å²) in [7, 11) is 0. The molecule has 0 spiro atoms. The van der Waals surface area contributed by atoms with Gasteiger partial charge in [0.1, 0.15) is 19.3 Å². The van der Waals surface area contributed by atoms with Crippen LogP contribution in [0.4, 0.5) is 0 Å². The first-order valence-electron chi connectivity index (χ1n) is 20.5. The maximum atomic E-state index is 12.0. The molecular weight excluding hydrogens is 612 g/mol. The summed E-state index contributed by atoms with van der Waals surface area (Å²) >= 11 is 0. The molecule has 6 heteroatoms. The zero-order valence-electron chi connectivity index (χ0n) is 32.1. The fraction of sp³-hybridized carbons (Fsp3) is 0.814. The van der Waals surface area contributed by atoms with Crippen molar-refractivity contribution in [2.45, 2.75) is 206 Å². The van der Waals surface area contributed by atoms with Crippen LogP contribution in [0.15, 0.2) is 36.5 Å². The Bertz CT molecular complexity index is 862. The summed E-state index contributed by atoms with van der Waals surface area (Å²) in [5, 5.41) is 10.0. The van der Waals surface area contributed by atoms with Crippen LogP contribution in [-0.2, 0) is 23.8 Å². The average molecular weight is 689 g/mol. The zero-order valence-corrected chi connectivity index (χ0v) is 32.1. The second-order valence-corrected chi connectivity index (χ2v) is 14.6. The highest BCUT2D eigenvalue weighted by Gasteiger charge is 2.35. The van der Waals surface area contributed by atoms with E-state index in [2.05, 4.69) is 57.2 Å². The van der Waals surface area contributed by atoms with Crippen molar-refractivity contribution in [1.82, 2.24) is 0 Å². The molecule has 0 aromatic rings. The molecule has 1 heterocycles. The van der Waals surface area contributed by atoms with Crippen molar-refractivity contribution < 1.29 is 28.9 Å². The van der Waals surface area contributed by atoms with Crippen LogP contribution < -0.4 is 0 Å². The second-order valence-electron chi connectivity index (χ2n) is 14.6. The molecule has 3 atom stereocenters. The van der Waals surface area contributed by atoms with Gasteiger partial charge in [0.25, 0.3) is 0 Å². The molecule has 0 bridgehead atoms. The van der Waals surface area contributed by atoms with Crippen LogP contribution in [0.5, 0.6) is 0 Å². The minimum atomic E-state index is -0.988. The van der Waals surface area contributed by atoms with E-state index in [1.165, 1.54) is 103 Å². The van der Waals surface area contributed by atoms with E-state index in [0.29, 0.717) is 31.5 Å². The molecule has 2 unspecified atom stereocenters. The van der Waals surface area contributed by atoms with Gasteiger partial charge < -0.3 is 19.3 Å². The standard InChI is InChI=1S/C43H76O6/c1-4-5-6-7-22-27-32-40-41(49-40)33-28-23-18-16-20-25-30-35-43(46)48-37-39(44)36-47-42(45)34-29-24-19-15-13-11-9-8-10-12-14-17-21-26-31-38(2)3/h16,20,22-23,27-28,38-41,44H,4-15,17-19,21,24-26,29-37H2,1-3H3/b20-16-,27-22-,28-23-/t39-,40?,41?/m1/s1. The van der Waals surface area contributed by atoms with Gasteiger partial charge in [-0.15, -0.1) is 0 Å². The third-order valence-electron chi connectivity index (χ3n) is 9.21. The van der Waals surface area contributed by atoms with Crippen LogP contribution in [0.25, 0.3) is 0 Å². The quantitative estimate of drug-likeness (QED) is 0.0309. The topological polar surface area (TPSA) is 85.4 Å². The van der Waals surface area contributed by atoms with Gasteiger partial charge in [0.15, 0.2) is 0 Å². The van der Waals surface area contributed by atoms with E-state index in [0.717, 1.165) is 50.9 Å². The molecule has 1 aliphatic rings. The number of esters is 2. The molecule has 49 heavy (non-hydrogen) atoms. The Kier molecular flexibility index (Phi) is 30.6. The molecule has 0 radical (unpaired) electrons. The molecule has 1 aliphatic heterocycles. The van der Waals surface area contributed by atoms with Crippen molar-refractivity contribution in [2.24, 2.45) is 5.92 Å². The maximum absolute atomic E-state index is 12.0. The first kappa shape index (κ1) is 45.1. The van der Waals surface area contributed by atoms with Crippen molar-refractivity contribution >= 4 is 11.9 Å². The first-order chi connectivity index (χ1) is 23.9. The fourth-order valence-corrected chi connectivity index (χ4v) is 5.95. The van der Waals surface area contributed by atoms with E-state index in [9.17, 15) is 14.7 Å². The number of aliphatic hydroxyl groups is 1. The molecule has 1 N–H and O–H groups in total. The molecule has 284 valence electrons. The SMILES string of the molecule is CCCCC/C=C\CC1OC1C/C=C\C/C=C\CCCC(=O)OC[C@H](O)COC(=O)CCCCCCCCCCCCCCCCC(C)C. The van der Waals surface area contributed by atoms with E-state index in [1.807, 2.05) is 0 Å². The van der Waals surface area contributed by atoms with E-state index >= 15 is 0 Å². The van der Waals surface area contributed by atoms with Gasteiger partial charge in [-0.3, -0.25) is 9.59 Å². The van der Waals surface area contributed by atoms with Crippen molar-refractivity contribution in [1.29, 1.82) is 0 Å². The Labute approximate surface area is 301 Å². The number of carbonyl (C=O) groups is 2. The molecule has 0 amide bonds. The molecule has 0 aromatic carbocycles. The summed E-state index contributed by atoms with van der Waals surface area (Å²) < 4.78 is 16.0. The number of ether oxygens (including phenoxy) is 3. The number of rotatable bonds is 35. The van der Waals surface area contributed by atoms with E-state index < -0.39 is 6.10 Å². The lowest BCUT2D eigenvalue weighted by atomic mass is 10.0. The van der Waals surface area contributed by atoms with Crippen LogP contribution in [0.1, 0.15) is 188 Å². The van der Waals surface area contributed by atoms with Crippen LogP contribution in [0.2, 0.25) is 0 Å². The summed E-state index contributed by atoms with van der Waals surface area (Å²) in [5.74, 6) is 0.217. The van der Waals surface area contributed by atoms with Crippen LogP contribution in [0.3, 0.4) is 0 Å². The van der Waals surface area contributed by atoms with Crippen molar-refractivity contribution in [3.63, 3.8) is 0 Å². The number of carbonyl (C=O) groups excluding carboxylic acids is 2. The monoisotopic (exact) mass is 689 g/mol. The summed E-state index contributed by atoms with van der Waals surface area (Å²) in [4.78, 5) is 24.0. The molecule has 0 aromatic heterocycles. The van der Waals surface area contributed by atoms with Gasteiger partial charge in [0, 0.05) is 12.8 Å². The Morgan fingerprint density at radius 3 is 1.59 bits per heavy atom. The number of allylic oxidation sites excluding steroid dienone is 4. The zero-order chi connectivity index (χ0) is 35.6. The minimum Gasteiger partial charge on any atom is -0.463 e. The molecule has 1 rings (SSSR count). The van der Waals surface area contributed by atoms with Gasteiger partial charge in [-0.25, -0.2) is 0 Å². The summed E-state index contributed by atoms with van der Waals surface area (Å²) in [6, 6.07) is 0. The number of hydrogen-bond donors (Lipinski definition) is 1. The third kappa shape index (κ3) is 31.8. The molecule has 0 saturated carbocycles. The smallest absolute Gasteiger partial charge is 0.305 e. The van der Waals surface area contributed by atoms with Crippen LogP contribution >= 0.6 is 0 Å². The summed E-state index contributed by atoms with van der Waals surface area (Å²) in [6.07, 6.45) is 42.3. The lowest BCUT2D eigenvalue weighted by Gasteiger charge is -2.12. The van der Waals surface area contributed by atoms with Crippen LogP contribution in [-0.4, -0.2) is 48.6 Å². The second kappa shape index (κ2) is 33.2. The van der Waals surface area contributed by atoms with Crippen molar-refractivity contribution in [3.05, 3.63) is 36.5 Å². The average Bonchev–Trinajstić information content (AvgIpc) is 3.84. The molecule has 1 fully saturated rings. The van der Waals surface area contributed by atoms with Gasteiger partial charge in [-0.2, -0.15) is 0 Å². The molecule has 6 nitrogen and oxygen atoms in total. The lowest BCUT2D eigenvalue weighted by Crippen LogP contribution is -2.25. The number of aliphatic hydroxyl groups excluding tert-OH is 1. The molecule has 1 saturated heterocycles. The maximum Gasteiger partial charge on any atom is 0.305 e. The fourth-order valence-electron chi connectivity index (χ4n) is 5.95. The predicted octanol–water partition coefficient (Wildman–Crippen LogP) is 11.7. The number of unbranched alkanes of at least 4 members (excludes halogenated alkanes) is 17. The van der Waals surface area contributed by atoms with E-state index in [-0.39, 0.29) is 25.2 Å². The summed E-state index contributed by atoms with van der Waals surface area (Å²) in [6.45, 7) is 6.58. The predicted molar refractivity (Wildman–Crippen MR) is 205 cm³/mol. The van der Waals surface area contributed by atoms with Gasteiger partial charge >= 0.3 is 11.9 Å². The Morgan fingerprint density at radius 1 is 0.592 bits per heavy atom. The largest absolute Gasteiger partial charge is 0.463 e. The van der Waals surface area contributed by atoms with Crippen molar-refractivity contribution in [2.75, 3.05) is 13.2 Å². The Morgan fingerprint density at radius 2 is 1.04 bits per heavy atom. The van der Waals surface area contributed by atoms with Gasteiger partial charge in [0.2, 0.25) is 0 Å². The third-order valence-corrected chi connectivity index (χ3v) is 9.21. The Balaban J connectivity index is 1.84. The highest BCUT2D eigenvalue weighted by atomic mass is 16.6. The van der Waals surface area contributed by atoms with E-state index in [1.54, 1.807) is 0 Å². The highest BCUT2D eigenvalue weighted by Crippen LogP contribution is 2.29. The van der Waals surface area contributed by atoms with Gasteiger partial charge in [0.05, 0.1) is 12.2 Å². The van der Waals surface area contributed by atoms with Gasteiger partial charge in [-0.1, -0.05) is 160 Å². The Hall–Kier alpha value is -1.92. The normalized spacial score (nSPS) is 16.8. The van der Waals surface area contributed by atoms with Gasteiger partial charge in [-0.05, 0) is 57.3 Å². The molecular formula is C43H76O6. The van der Waals surface area contributed by atoms with E-state index in [4.69, 9.17) is 14.2 Å². The highest BCUT2D eigenvalue weighted by molar-refractivity contribution is 5.69. The summed E-state index contributed by atoms with van der Waals surface area (Å²) in [5.41, 5.74) is 0.